The van der Waals surface area contributed by atoms with Gasteiger partial charge in [0.1, 0.15) is 0 Å². The maximum Gasteiger partial charge on any atom is 0.243 e. The van der Waals surface area contributed by atoms with Crippen molar-refractivity contribution in [2.24, 2.45) is 0 Å². The second-order valence-electron chi connectivity index (χ2n) is 8.10. The molecular formula is C22H26N6O3S2. The van der Waals surface area contributed by atoms with Crippen LogP contribution in [-0.4, -0.2) is 57.7 Å². The van der Waals surface area contributed by atoms with Crippen molar-refractivity contribution in [1.82, 2.24) is 24.5 Å². The predicted molar refractivity (Wildman–Crippen MR) is 127 cm³/mol. The first-order valence-electron chi connectivity index (χ1n) is 10.8. The first-order chi connectivity index (χ1) is 15.8. The number of hydrogen-bond donors (Lipinski definition) is 1. The number of sulfonamides is 1. The van der Waals surface area contributed by atoms with Gasteiger partial charge in [-0.25, -0.2) is 8.42 Å². The lowest BCUT2D eigenvalue weighted by molar-refractivity contribution is -0.113. The van der Waals surface area contributed by atoms with Crippen molar-refractivity contribution in [3.8, 4) is 5.69 Å². The van der Waals surface area contributed by atoms with Crippen molar-refractivity contribution in [2.45, 2.75) is 42.7 Å². The van der Waals surface area contributed by atoms with Gasteiger partial charge in [-0.05, 0) is 65.1 Å². The highest BCUT2D eigenvalue weighted by Gasteiger charge is 2.27. The van der Waals surface area contributed by atoms with Crippen LogP contribution in [-0.2, 0) is 14.8 Å². The normalized spacial score (nSPS) is 14.6. The van der Waals surface area contributed by atoms with Gasteiger partial charge < -0.3 is 5.32 Å². The molecule has 0 spiro atoms. The number of anilines is 1. The third-order valence-corrected chi connectivity index (χ3v) is 8.21. The van der Waals surface area contributed by atoms with Crippen molar-refractivity contribution >= 4 is 33.4 Å². The Kier molecular flexibility index (Phi) is 7.11. The SMILES string of the molecule is CC(C)c1ccc(-n2nnnc2SCC(=O)Nc2cccc(S(=O)(=O)N3CCCC3)c2)cc1. The topological polar surface area (TPSA) is 110 Å². The van der Waals surface area contributed by atoms with Crippen LogP contribution < -0.4 is 5.32 Å². The zero-order valence-electron chi connectivity index (χ0n) is 18.5. The molecular weight excluding hydrogens is 460 g/mol. The Balaban J connectivity index is 1.39. The first kappa shape index (κ1) is 23.4. The van der Waals surface area contributed by atoms with Gasteiger partial charge in [0.2, 0.25) is 21.1 Å². The van der Waals surface area contributed by atoms with Crippen LogP contribution in [0.1, 0.15) is 38.2 Å². The summed E-state index contributed by atoms with van der Waals surface area (Å²) in [6.45, 7) is 5.32. The van der Waals surface area contributed by atoms with E-state index in [0.717, 1.165) is 18.5 Å². The van der Waals surface area contributed by atoms with E-state index in [-0.39, 0.29) is 16.6 Å². The highest BCUT2D eigenvalue weighted by molar-refractivity contribution is 7.99. The van der Waals surface area contributed by atoms with Crippen molar-refractivity contribution in [2.75, 3.05) is 24.2 Å². The summed E-state index contributed by atoms with van der Waals surface area (Å²) < 4.78 is 28.6. The van der Waals surface area contributed by atoms with Crippen LogP contribution >= 0.6 is 11.8 Å². The first-order valence-corrected chi connectivity index (χ1v) is 13.2. The van der Waals surface area contributed by atoms with E-state index in [1.54, 1.807) is 22.9 Å². The maximum absolute atomic E-state index is 12.8. The van der Waals surface area contributed by atoms with Gasteiger partial charge >= 0.3 is 0 Å². The molecule has 2 aromatic carbocycles. The van der Waals surface area contributed by atoms with E-state index in [2.05, 4.69) is 34.7 Å². The zero-order valence-corrected chi connectivity index (χ0v) is 20.1. The second kappa shape index (κ2) is 10.0. The average Bonchev–Trinajstić information content (AvgIpc) is 3.50. The van der Waals surface area contributed by atoms with Crippen LogP contribution in [0.5, 0.6) is 0 Å². The quantitative estimate of drug-likeness (QED) is 0.487. The summed E-state index contributed by atoms with van der Waals surface area (Å²) in [6, 6.07) is 14.3. The van der Waals surface area contributed by atoms with Crippen molar-refractivity contribution < 1.29 is 13.2 Å². The molecule has 33 heavy (non-hydrogen) atoms. The molecule has 0 atom stereocenters. The molecule has 174 valence electrons. The number of nitrogens with zero attached hydrogens (tertiary/aromatic N) is 5. The van der Waals surface area contributed by atoms with E-state index in [4.69, 9.17) is 0 Å². The lowest BCUT2D eigenvalue weighted by Gasteiger charge is -2.16. The molecule has 9 nitrogen and oxygen atoms in total. The minimum absolute atomic E-state index is 0.0769. The highest BCUT2D eigenvalue weighted by Crippen LogP contribution is 2.24. The van der Waals surface area contributed by atoms with Gasteiger partial charge in [0.25, 0.3) is 0 Å². The smallest absolute Gasteiger partial charge is 0.243 e. The van der Waals surface area contributed by atoms with E-state index >= 15 is 0 Å². The summed E-state index contributed by atoms with van der Waals surface area (Å²) in [5.41, 5.74) is 2.46. The molecule has 0 bridgehead atoms. The molecule has 11 heteroatoms. The van der Waals surface area contributed by atoms with Crippen LogP contribution in [0.3, 0.4) is 0 Å². The number of hydrogen-bond acceptors (Lipinski definition) is 7. The number of benzene rings is 2. The Bertz CT molecular complexity index is 1220. The second-order valence-corrected chi connectivity index (χ2v) is 11.0. The monoisotopic (exact) mass is 486 g/mol. The largest absolute Gasteiger partial charge is 0.325 e. The van der Waals surface area contributed by atoms with Crippen LogP contribution in [0.2, 0.25) is 0 Å². The van der Waals surface area contributed by atoms with E-state index in [0.29, 0.717) is 29.9 Å². The molecule has 4 rings (SSSR count). The summed E-state index contributed by atoms with van der Waals surface area (Å²) in [6.07, 6.45) is 1.74. The Labute approximate surface area is 197 Å². The highest BCUT2D eigenvalue weighted by atomic mass is 32.2. The molecule has 0 radical (unpaired) electrons. The predicted octanol–water partition coefficient (Wildman–Crippen LogP) is 3.30. The van der Waals surface area contributed by atoms with Crippen LogP contribution in [0.4, 0.5) is 5.69 Å². The summed E-state index contributed by atoms with van der Waals surface area (Å²) >= 11 is 1.20. The lowest BCUT2D eigenvalue weighted by atomic mass is 10.0. The lowest BCUT2D eigenvalue weighted by Crippen LogP contribution is -2.28. The maximum atomic E-state index is 12.8. The van der Waals surface area contributed by atoms with Crippen molar-refractivity contribution in [3.05, 3.63) is 54.1 Å². The summed E-state index contributed by atoms with van der Waals surface area (Å²) in [7, 11) is -3.54. The van der Waals surface area contributed by atoms with Gasteiger partial charge in [0, 0.05) is 18.8 Å². The van der Waals surface area contributed by atoms with Gasteiger partial charge in [0.15, 0.2) is 0 Å². The van der Waals surface area contributed by atoms with Gasteiger partial charge in [-0.3, -0.25) is 4.79 Å². The zero-order chi connectivity index (χ0) is 23.4. The Morgan fingerprint density at radius 2 is 1.85 bits per heavy atom. The number of rotatable bonds is 8. The fraction of sp³-hybridized carbons (Fsp3) is 0.364. The van der Waals surface area contributed by atoms with E-state index in [9.17, 15) is 13.2 Å². The van der Waals surface area contributed by atoms with E-state index in [1.807, 2.05) is 24.3 Å². The number of thioether (sulfide) groups is 1. The standard InChI is InChI=1S/C22H26N6O3S2/c1-16(2)17-8-10-19(11-9-17)28-22(24-25-26-28)32-15-21(29)23-18-6-5-7-20(14-18)33(30,31)27-12-3-4-13-27/h5-11,14,16H,3-4,12-13,15H2,1-2H3,(H,23,29). The summed E-state index contributed by atoms with van der Waals surface area (Å²) in [5, 5.41) is 15.0. The minimum atomic E-state index is -3.54. The average molecular weight is 487 g/mol. The molecule has 1 aliphatic heterocycles. The number of tetrazole rings is 1. The van der Waals surface area contributed by atoms with E-state index < -0.39 is 10.0 Å². The number of carbonyl (C=O) groups is 1. The molecule has 1 N–H and O–H groups in total. The van der Waals surface area contributed by atoms with E-state index in [1.165, 1.54) is 27.7 Å². The van der Waals surface area contributed by atoms with Gasteiger partial charge in [-0.15, -0.1) is 5.10 Å². The molecule has 1 amide bonds. The summed E-state index contributed by atoms with van der Waals surface area (Å²) in [4.78, 5) is 12.7. The third-order valence-electron chi connectivity index (χ3n) is 5.40. The Hall–Kier alpha value is -2.76. The van der Waals surface area contributed by atoms with Crippen LogP contribution in [0.15, 0.2) is 58.6 Å². The molecule has 2 heterocycles. The number of aromatic nitrogens is 4. The number of nitrogens with one attached hydrogen (secondary N) is 1. The molecule has 3 aromatic rings. The van der Waals surface area contributed by atoms with Gasteiger partial charge in [0.05, 0.1) is 16.3 Å². The molecule has 1 fully saturated rings. The molecule has 0 saturated carbocycles. The molecule has 1 saturated heterocycles. The van der Waals surface area contributed by atoms with Crippen LogP contribution in [0.25, 0.3) is 5.69 Å². The van der Waals surface area contributed by atoms with Gasteiger partial charge in [-0.1, -0.05) is 43.8 Å². The molecule has 1 aliphatic rings. The molecule has 1 aromatic heterocycles. The molecule has 0 unspecified atom stereocenters. The van der Waals surface area contributed by atoms with Gasteiger partial charge in [-0.2, -0.15) is 8.99 Å². The van der Waals surface area contributed by atoms with Crippen LogP contribution in [0, 0.1) is 0 Å². The number of carbonyl (C=O) groups excluding carboxylic acids is 1. The Morgan fingerprint density at radius 1 is 1.12 bits per heavy atom. The van der Waals surface area contributed by atoms with Crippen molar-refractivity contribution in [3.63, 3.8) is 0 Å². The third kappa shape index (κ3) is 5.43. The minimum Gasteiger partial charge on any atom is -0.325 e. The Morgan fingerprint density at radius 3 is 2.55 bits per heavy atom. The molecule has 0 aliphatic carbocycles. The summed E-state index contributed by atoms with van der Waals surface area (Å²) in [5.74, 6) is 0.225. The number of amides is 1. The fourth-order valence-corrected chi connectivity index (χ4v) is 5.82. The fourth-order valence-electron chi connectivity index (χ4n) is 3.57. The van der Waals surface area contributed by atoms with Crippen molar-refractivity contribution in [1.29, 1.82) is 0 Å².